The lowest BCUT2D eigenvalue weighted by molar-refractivity contribution is -0.0704. The fourth-order valence-electron chi connectivity index (χ4n) is 3.72. The number of aryl methyl sites for hydroxylation is 1. The molecule has 27 heavy (non-hydrogen) atoms. The smallest absolute Gasteiger partial charge is 0.163 e. The van der Waals surface area contributed by atoms with Crippen LogP contribution >= 0.6 is 0 Å². The van der Waals surface area contributed by atoms with Crippen molar-refractivity contribution in [1.29, 1.82) is 0 Å². The van der Waals surface area contributed by atoms with E-state index in [4.69, 9.17) is 4.74 Å². The minimum Gasteiger partial charge on any atom is -0.373 e. The standard InChI is InChI=1S/C20H26N6O/c1-14-10-26(11-15(2)27-14)12-17-6-4-16(5-7-17)8-21-19-18-9-24-25(3)20(18)23-13-22-19/h4-7,9,13-15H,8,10-12H2,1-3H3,(H,21,22,23). The zero-order chi connectivity index (χ0) is 18.8. The van der Waals surface area contributed by atoms with E-state index in [0.717, 1.165) is 36.5 Å². The molecule has 1 saturated heterocycles. The van der Waals surface area contributed by atoms with Crippen molar-refractivity contribution in [2.75, 3.05) is 18.4 Å². The first-order valence-electron chi connectivity index (χ1n) is 9.40. The van der Waals surface area contributed by atoms with E-state index in [0.29, 0.717) is 18.8 Å². The molecule has 1 aliphatic rings. The Morgan fingerprint density at radius 1 is 1.07 bits per heavy atom. The van der Waals surface area contributed by atoms with Crippen molar-refractivity contribution in [3.63, 3.8) is 0 Å². The van der Waals surface area contributed by atoms with Gasteiger partial charge in [0.15, 0.2) is 5.65 Å². The number of hydrogen-bond acceptors (Lipinski definition) is 6. The van der Waals surface area contributed by atoms with Crippen LogP contribution in [0.4, 0.5) is 5.82 Å². The van der Waals surface area contributed by atoms with Crippen LogP contribution in [-0.4, -0.2) is 49.9 Å². The lowest BCUT2D eigenvalue weighted by Gasteiger charge is -2.35. The Morgan fingerprint density at radius 3 is 2.52 bits per heavy atom. The van der Waals surface area contributed by atoms with E-state index in [1.807, 2.05) is 7.05 Å². The largest absolute Gasteiger partial charge is 0.373 e. The topological polar surface area (TPSA) is 68.1 Å². The van der Waals surface area contributed by atoms with E-state index in [9.17, 15) is 0 Å². The van der Waals surface area contributed by atoms with Gasteiger partial charge in [-0.15, -0.1) is 0 Å². The molecule has 1 aromatic carbocycles. The van der Waals surface area contributed by atoms with Gasteiger partial charge in [-0.05, 0) is 25.0 Å². The zero-order valence-electron chi connectivity index (χ0n) is 16.1. The Hall–Kier alpha value is -2.51. The Labute approximate surface area is 159 Å². The maximum absolute atomic E-state index is 5.81. The number of rotatable bonds is 5. The molecule has 3 heterocycles. The van der Waals surface area contributed by atoms with Crippen molar-refractivity contribution in [2.24, 2.45) is 7.05 Å². The average molecular weight is 366 g/mol. The number of ether oxygens (including phenoxy) is 1. The molecule has 7 nitrogen and oxygen atoms in total. The number of nitrogens with zero attached hydrogens (tertiary/aromatic N) is 5. The van der Waals surface area contributed by atoms with E-state index in [2.05, 4.69) is 63.4 Å². The minimum atomic E-state index is 0.300. The minimum absolute atomic E-state index is 0.300. The van der Waals surface area contributed by atoms with Gasteiger partial charge in [-0.25, -0.2) is 9.97 Å². The lowest BCUT2D eigenvalue weighted by atomic mass is 10.1. The number of fused-ring (bicyclic) bond motifs is 1. The maximum Gasteiger partial charge on any atom is 0.163 e. The number of nitrogens with one attached hydrogen (secondary N) is 1. The molecular formula is C20H26N6O. The first-order valence-corrected chi connectivity index (χ1v) is 9.40. The summed E-state index contributed by atoms with van der Waals surface area (Å²) in [6, 6.07) is 8.78. The molecule has 0 bridgehead atoms. The highest BCUT2D eigenvalue weighted by molar-refractivity contribution is 5.85. The SMILES string of the molecule is CC1CN(Cc2ccc(CNc3ncnc4c3cnn4C)cc2)CC(C)O1. The Morgan fingerprint density at radius 2 is 1.78 bits per heavy atom. The van der Waals surface area contributed by atoms with Crippen molar-refractivity contribution >= 4 is 16.9 Å². The van der Waals surface area contributed by atoms with E-state index in [-0.39, 0.29) is 0 Å². The molecule has 2 aromatic heterocycles. The highest BCUT2D eigenvalue weighted by Crippen LogP contribution is 2.19. The number of benzene rings is 1. The third-order valence-electron chi connectivity index (χ3n) is 4.91. The zero-order valence-corrected chi connectivity index (χ0v) is 16.1. The number of anilines is 1. The molecular weight excluding hydrogens is 340 g/mol. The van der Waals surface area contributed by atoms with Crippen LogP contribution in [0.15, 0.2) is 36.8 Å². The fourth-order valence-corrected chi connectivity index (χ4v) is 3.72. The van der Waals surface area contributed by atoms with Gasteiger partial charge in [0.1, 0.15) is 12.1 Å². The van der Waals surface area contributed by atoms with Crippen LogP contribution in [0.1, 0.15) is 25.0 Å². The molecule has 0 radical (unpaired) electrons. The van der Waals surface area contributed by atoms with Gasteiger partial charge in [-0.3, -0.25) is 9.58 Å². The third-order valence-corrected chi connectivity index (χ3v) is 4.91. The highest BCUT2D eigenvalue weighted by Gasteiger charge is 2.21. The molecule has 142 valence electrons. The van der Waals surface area contributed by atoms with Gasteiger partial charge in [-0.2, -0.15) is 5.10 Å². The first-order chi connectivity index (χ1) is 13.1. The van der Waals surface area contributed by atoms with Crippen molar-refractivity contribution < 1.29 is 4.74 Å². The molecule has 0 amide bonds. The summed E-state index contributed by atoms with van der Waals surface area (Å²) in [6.45, 7) is 7.94. The van der Waals surface area contributed by atoms with Crippen LogP contribution in [0.2, 0.25) is 0 Å². The summed E-state index contributed by atoms with van der Waals surface area (Å²) in [5, 5.41) is 8.59. The number of morpholine rings is 1. The molecule has 2 unspecified atom stereocenters. The van der Waals surface area contributed by atoms with E-state index in [1.165, 1.54) is 11.1 Å². The van der Waals surface area contributed by atoms with Crippen molar-refractivity contribution in [2.45, 2.75) is 39.1 Å². The molecule has 0 spiro atoms. The highest BCUT2D eigenvalue weighted by atomic mass is 16.5. The number of hydrogen-bond donors (Lipinski definition) is 1. The normalized spacial score (nSPS) is 20.9. The van der Waals surface area contributed by atoms with Crippen LogP contribution in [0, 0.1) is 0 Å². The summed E-state index contributed by atoms with van der Waals surface area (Å²) >= 11 is 0. The molecule has 1 fully saturated rings. The van der Waals surface area contributed by atoms with Crippen LogP contribution in [0.25, 0.3) is 11.0 Å². The summed E-state index contributed by atoms with van der Waals surface area (Å²) in [5.41, 5.74) is 3.38. The number of aromatic nitrogens is 4. The lowest BCUT2D eigenvalue weighted by Crippen LogP contribution is -2.44. The van der Waals surface area contributed by atoms with E-state index < -0.39 is 0 Å². The van der Waals surface area contributed by atoms with Gasteiger partial charge in [-0.1, -0.05) is 24.3 Å². The van der Waals surface area contributed by atoms with Gasteiger partial charge in [0, 0.05) is 33.2 Å². The van der Waals surface area contributed by atoms with Gasteiger partial charge < -0.3 is 10.1 Å². The second-order valence-corrected chi connectivity index (χ2v) is 7.35. The maximum atomic E-state index is 5.81. The summed E-state index contributed by atoms with van der Waals surface area (Å²) in [7, 11) is 1.88. The molecule has 7 heteroatoms. The van der Waals surface area contributed by atoms with Crippen LogP contribution in [0.3, 0.4) is 0 Å². The molecule has 1 N–H and O–H groups in total. The molecule has 1 aliphatic heterocycles. The molecule has 0 aliphatic carbocycles. The Bertz CT molecular complexity index is 896. The average Bonchev–Trinajstić information content (AvgIpc) is 3.02. The van der Waals surface area contributed by atoms with Crippen molar-refractivity contribution in [1.82, 2.24) is 24.6 Å². The van der Waals surface area contributed by atoms with E-state index >= 15 is 0 Å². The quantitative estimate of drug-likeness (QED) is 0.749. The summed E-state index contributed by atoms with van der Waals surface area (Å²) in [4.78, 5) is 11.1. The monoisotopic (exact) mass is 366 g/mol. The van der Waals surface area contributed by atoms with Crippen LogP contribution in [-0.2, 0) is 24.9 Å². The molecule has 3 aromatic rings. The summed E-state index contributed by atoms with van der Waals surface area (Å²) < 4.78 is 7.57. The van der Waals surface area contributed by atoms with E-state index in [1.54, 1.807) is 17.2 Å². The van der Waals surface area contributed by atoms with Gasteiger partial charge in [0.05, 0.1) is 23.8 Å². The van der Waals surface area contributed by atoms with Crippen LogP contribution < -0.4 is 5.32 Å². The predicted octanol–water partition coefficient (Wildman–Crippen LogP) is 2.58. The summed E-state index contributed by atoms with van der Waals surface area (Å²) in [6.07, 6.45) is 3.97. The Kier molecular flexibility index (Phi) is 5.05. The van der Waals surface area contributed by atoms with Gasteiger partial charge in [0.25, 0.3) is 0 Å². The first kappa shape index (κ1) is 17.9. The second-order valence-electron chi connectivity index (χ2n) is 7.35. The van der Waals surface area contributed by atoms with Crippen molar-refractivity contribution in [3.05, 3.63) is 47.9 Å². The van der Waals surface area contributed by atoms with Crippen LogP contribution in [0.5, 0.6) is 0 Å². The Balaban J connectivity index is 1.38. The fraction of sp³-hybridized carbons (Fsp3) is 0.450. The molecule has 2 atom stereocenters. The van der Waals surface area contributed by atoms with Crippen molar-refractivity contribution in [3.8, 4) is 0 Å². The van der Waals surface area contributed by atoms with Gasteiger partial charge in [0.2, 0.25) is 0 Å². The third kappa shape index (κ3) is 4.09. The van der Waals surface area contributed by atoms with Gasteiger partial charge >= 0.3 is 0 Å². The second kappa shape index (κ2) is 7.62. The summed E-state index contributed by atoms with van der Waals surface area (Å²) in [5.74, 6) is 0.813. The molecule has 0 saturated carbocycles. The predicted molar refractivity (Wildman–Crippen MR) is 105 cm³/mol. The molecule has 4 rings (SSSR count).